The van der Waals surface area contributed by atoms with E-state index in [1.165, 1.54) is 0 Å². The molecule has 4 heteroatoms. The van der Waals surface area contributed by atoms with Gasteiger partial charge in [0.2, 0.25) is 0 Å². The maximum Gasteiger partial charge on any atom is 0.307 e. The minimum absolute atomic E-state index is 0.0452. The molecule has 2 atom stereocenters. The zero-order chi connectivity index (χ0) is 13.0. The van der Waals surface area contributed by atoms with E-state index in [2.05, 4.69) is 6.92 Å². The lowest BCUT2D eigenvalue weighted by molar-refractivity contribution is -0.136. The van der Waals surface area contributed by atoms with Crippen molar-refractivity contribution in [2.24, 2.45) is 0 Å². The van der Waals surface area contributed by atoms with Crippen LogP contribution in [0.15, 0.2) is 24.3 Å². The Balaban J connectivity index is 1.81. The van der Waals surface area contributed by atoms with E-state index in [9.17, 15) is 4.79 Å². The Bertz CT molecular complexity index is 399. The highest BCUT2D eigenvalue weighted by atomic mass is 16.5. The number of benzene rings is 1. The predicted molar refractivity (Wildman–Crippen MR) is 66.8 cm³/mol. The van der Waals surface area contributed by atoms with Gasteiger partial charge in [-0.25, -0.2) is 0 Å². The first-order chi connectivity index (χ1) is 8.63. The summed E-state index contributed by atoms with van der Waals surface area (Å²) in [6.45, 7) is 2.63. The number of carboxylic acid groups (broad SMARTS) is 1. The molecule has 1 fully saturated rings. The Morgan fingerprint density at radius 2 is 2.11 bits per heavy atom. The van der Waals surface area contributed by atoms with E-state index in [4.69, 9.17) is 14.6 Å². The molecule has 0 aliphatic carbocycles. The van der Waals surface area contributed by atoms with Crippen molar-refractivity contribution in [1.82, 2.24) is 0 Å². The van der Waals surface area contributed by atoms with E-state index in [1.54, 1.807) is 24.3 Å². The number of rotatable bonds is 5. The molecule has 2 rings (SSSR count). The van der Waals surface area contributed by atoms with Gasteiger partial charge in [0.1, 0.15) is 12.4 Å². The molecule has 0 saturated carbocycles. The highest BCUT2D eigenvalue weighted by Crippen LogP contribution is 2.20. The smallest absolute Gasteiger partial charge is 0.307 e. The summed E-state index contributed by atoms with van der Waals surface area (Å²) in [7, 11) is 0. The lowest BCUT2D eigenvalue weighted by Crippen LogP contribution is -2.17. The van der Waals surface area contributed by atoms with Crippen molar-refractivity contribution in [3.63, 3.8) is 0 Å². The fourth-order valence-corrected chi connectivity index (χ4v) is 2.08. The Hall–Kier alpha value is -1.55. The van der Waals surface area contributed by atoms with Gasteiger partial charge in [0.25, 0.3) is 0 Å². The van der Waals surface area contributed by atoms with E-state index >= 15 is 0 Å². The standard InChI is InChI=1S/C14H18O4/c1-10-2-5-13(18-10)9-17-12-6-3-11(4-7-12)8-14(15)16/h3-4,6-7,10,13H,2,5,8-9H2,1H3,(H,15,16). The molecule has 1 aliphatic rings. The lowest BCUT2D eigenvalue weighted by atomic mass is 10.1. The summed E-state index contributed by atoms with van der Waals surface area (Å²) in [5, 5.41) is 8.66. The maximum absolute atomic E-state index is 10.5. The van der Waals surface area contributed by atoms with Crippen LogP contribution in [-0.4, -0.2) is 29.9 Å². The van der Waals surface area contributed by atoms with Crippen LogP contribution in [0.4, 0.5) is 0 Å². The second-order valence-electron chi connectivity index (χ2n) is 4.67. The van der Waals surface area contributed by atoms with Crippen LogP contribution in [0.2, 0.25) is 0 Å². The summed E-state index contributed by atoms with van der Waals surface area (Å²) in [4.78, 5) is 10.5. The molecule has 1 aromatic carbocycles. The molecule has 18 heavy (non-hydrogen) atoms. The highest BCUT2D eigenvalue weighted by molar-refractivity contribution is 5.70. The molecular weight excluding hydrogens is 232 g/mol. The van der Waals surface area contributed by atoms with Gasteiger partial charge in [0.15, 0.2) is 0 Å². The first-order valence-corrected chi connectivity index (χ1v) is 6.22. The Kier molecular flexibility index (Phi) is 4.20. The van der Waals surface area contributed by atoms with Gasteiger partial charge >= 0.3 is 5.97 Å². The highest BCUT2D eigenvalue weighted by Gasteiger charge is 2.22. The Morgan fingerprint density at radius 1 is 1.39 bits per heavy atom. The SMILES string of the molecule is CC1CCC(COc2ccc(CC(=O)O)cc2)O1. The van der Waals surface area contributed by atoms with Crippen LogP contribution in [0, 0.1) is 0 Å². The number of aliphatic carboxylic acids is 1. The van der Waals surface area contributed by atoms with Crippen molar-refractivity contribution >= 4 is 5.97 Å². The minimum Gasteiger partial charge on any atom is -0.491 e. The third kappa shape index (κ3) is 3.74. The van der Waals surface area contributed by atoms with E-state index in [0.717, 1.165) is 24.2 Å². The molecule has 0 radical (unpaired) electrons. The van der Waals surface area contributed by atoms with Crippen molar-refractivity contribution in [2.45, 2.75) is 38.4 Å². The van der Waals surface area contributed by atoms with Crippen LogP contribution in [0.5, 0.6) is 5.75 Å². The van der Waals surface area contributed by atoms with Crippen molar-refractivity contribution in [3.8, 4) is 5.75 Å². The monoisotopic (exact) mass is 250 g/mol. The van der Waals surface area contributed by atoms with Crippen LogP contribution in [-0.2, 0) is 16.0 Å². The molecule has 0 bridgehead atoms. The fraction of sp³-hybridized carbons (Fsp3) is 0.500. The summed E-state index contributed by atoms with van der Waals surface area (Å²) in [6, 6.07) is 7.16. The summed E-state index contributed by atoms with van der Waals surface area (Å²) < 4.78 is 11.3. The van der Waals surface area contributed by atoms with Gasteiger partial charge < -0.3 is 14.6 Å². The van der Waals surface area contributed by atoms with Crippen LogP contribution >= 0.6 is 0 Å². The fourth-order valence-electron chi connectivity index (χ4n) is 2.08. The summed E-state index contributed by atoms with van der Waals surface area (Å²) in [5.74, 6) is -0.0655. The molecular formula is C14H18O4. The van der Waals surface area contributed by atoms with Crippen molar-refractivity contribution in [1.29, 1.82) is 0 Å². The molecule has 0 aromatic heterocycles. The maximum atomic E-state index is 10.5. The predicted octanol–water partition coefficient (Wildman–Crippen LogP) is 2.26. The first kappa shape index (κ1) is 12.9. The molecule has 1 aromatic rings. The van der Waals surface area contributed by atoms with Crippen molar-refractivity contribution < 1.29 is 19.4 Å². The second-order valence-corrected chi connectivity index (χ2v) is 4.67. The van der Waals surface area contributed by atoms with Crippen LogP contribution in [0.3, 0.4) is 0 Å². The molecule has 1 N–H and O–H groups in total. The Labute approximate surface area is 107 Å². The van der Waals surface area contributed by atoms with Gasteiger partial charge in [-0.05, 0) is 37.5 Å². The molecule has 0 amide bonds. The van der Waals surface area contributed by atoms with Gasteiger partial charge in [0, 0.05) is 0 Å². The zero-order valence-electron chi connectivity index (χ0n) is 10.5. The first-order valence-electron chi connectivity index (χ1n) is 6.22. The minimum atomic E-state index is -0.822. The van der Waals surface area contributed by atoms with Crippen LogP contribution in [0.25, 0.3) is 0 Å². The molecule has 1 aliphatic heterocycles. The number of hydrogen-bond acceptors (Lipinski definition) is 3. The third-order valence-electron chi connectivity index (χ3n) is 3.03. The molecule has 2 unspecified atom stereocenters. The number of carboxylic acids is 1. The Morgan fingerprint density at radius 3 is 2.67 bits per heavy atom. The van der Waals surface area contributed by atoms with Crippen molar-refractivity contribution in [2.75, 3.05) is 6.61 Å². The average Bonchev–Trinajstić information content (AvgIpc) is 2.74. The molecule has 0 spiro atoms. The zero-order valence-corrected chi connectivity index (χ0v) is 10.5. The van der Waals surface area contributed by atoms with E-state index in [0.29, 0.717) is 12.7 Å². The third-order valence-corrected chi connectivity index (χ3v) is 3.03. The van der Waals surface area contributed by atoms with Gasteiger partial charge in [-0.3, -0.25) is 4.79 Å². The largest absolute Gasteiger partial charge is 0.491 e. The lowest BCUT2D eigenvalue weighted by Gasteiger charge is -2.12. The molecule has 1 saturated heterocycles. The van der Waals surface area contributed by atoms with Crippen LogP contribution < -0.4 is 4.74 Å². The van der Waals surface area contributed by atoms with Crippen molar-refractivity contribution in [3.05, 3.63) is 29.8 Å². The van der Waals surface area contributed by atoms with E-state index < -0.39 is 5.97 Å². The normalized spacial score (nSPS) is 22.9. The summed E-state index contributed by atoms with van der Waals surface area (Å²) in [6.07, 6.45) is 2.68. The molecule has 98 valence electrons. The summed E-state index contributed by atoms with van der Waals surface area (Å²) >= 11 is 0. The number of carbonyl (C=O) groups is 1. The topological polar surface area (TPSA) is 55.8 Å². The van der Waals surface area contributed by atoms with Gasteiger partial charge in [0.05, 0.1) is 18.6 Å². The van der Waals surface area contributed by atoms with E-state index in [1.807, 2.05) is 0 Å². The number of hydrogen-bond donors (Lipinski definition) is 1. The molecule has 4 nitrogen and oxygen atoms in total. The second kappa shape index (κ2) is 5.87. The summed E-state index contributed by atoms with van der Waals surface area (Å²) in [5.41, 5.74) is 0.778. The quantitative estimate of drug-likeness (QED) is 0.871. The van der Waals surface area contributed by atoms with Gasteiger partial charge in [-0.2, -0.15) is 0 Å². The average molecular weight is 250 g/mol. The molecule has 1 heterocycles. The van der Waals surface area contributed by atoms with Gasteiger partial charge in [-0.15, -0.1) is 0 Å². The van der Waals surface area contributed by atoms with Gasteiger partial charge in [-0.1, -0.05) is 12.1 Å². The van der Waals surface area contributed by atoms with E-state index in [-0.39, 0.29) is 12.5 Å². The van der Waals surface area contributed by atoms with Crippen LogP contribution in [0.1, 0.15) is 25.3 Å². The number of ether oxygens (including phenoxy) is 2.